The van der Waals surface area contributed by atoms with Crippen LogP contribution in [0, 0.1) is 13.8 Å². The molecule has 0 radical (unpaired) electrons. The molecule has 0 amide bonds. The van der Waals surface area contributed by atoms with Crippen molar-refractivity contribution in [2.75, 3.05) is 49.5 Å². The van der Waals surface area contributed by atoms with Crippen molar-refractivity contribution in [3.63, 3.8) is 0 Å². The third-order valence-electron chi connectivity index (χ3n) is 5.92. The number of rotatable bonds is 7. The highest BCUT2D eigenvalue weighted by atomic mass is 32.1. The summed E-state index contributed by atoms with van der Waals surface area (Å²) < 4.78 is 0. The van der Waals surface area contributed by atoms with Crippen molar-refractivity contribution in [3.8, 4) is 10.7 Å². The van der Waals surface area contributed by atoms with Crippen LogP contribution < -0.4 is 10.2 Å². The van der Waals surface area contributed by atoms with Gasteiger partial charge in [0.15, 0.2) is 5.82 Å². The number of piperazine rings is 1. The molecule has 1 N–H and O–H groups in total. The van der Waals surface area contributed by atoms with Crippen LogP contribution in [0.15, 0.2) is 36.0 Å². The number of thiophene rings is 2. The van der Waals surface area contributed by atoms with Gasteiger partial charge in [-0.3, -0.25) is 4.90 Å². The van der Waals surface area contributed by atoms with Crippen LogP contribution in [0.3, 0.4) is 0 Å². The molecule has 1 aliphatic heterocycles. The first-order chi connectivity index (χ1) is 15.7. The first-order valence-corrected chi connectivity index (χ1v) is 12.7. The SMILES string of the molecule is Cc1sc2nc(-c3cccs3)nc(NCCCN3CCN(c4ncccn4)CC3)c2c1C. The Balaban J connectivity index is 1.20. The highest BCUT2D eigenvalue weighted by Crippen LogP contribution is 2.35. The van der Waals surface area contributed by atoms with E-state index in [4.69, 9.17) is 9.97 Å². The van der Waals surface area contributed by atoms with Crippen LogP contribution in [0.2, 0.25) is 0 Å². The lowest BCUT2D eigenvalue weighted by Gasteiger charge is -2.34. The lowest BCUT2D eigenvalue weighted by Crippen LogP contribution is -2.47. The largest absolute Gasteiger partial charge is 0.369 e. The molecule has 7 nitrogen and oxygen atoms in total. The summed E-state index contributed by atoms with van der Waals surface area (Å²) in [5.41, 5.74) is 1.28. The molecule has 0 atom stereocenters. The maximum Gasteiger partial charge on any atom is 0.225 e. The van der Waals surface area contributed by atoms with E-state index in [0.29, 0.717) is 0 Å². The molecule has 0 saturated carbocycles. The molecule has 0 aliphatic carbocycles. The molecule has 4 aromatic rings. The minimum atomic E-state index is 0.815. The summed E-state index contributed by atoms with van der Waals surface area (Å²) in [6, 6.07) is 6.00. The van der Waals surface area contributed by atoms with Gasteiger partial charge >= 0.3 is 0 Å². The Morgan fingerprint density at radius 2 is 1.84 bits per heavy atom. The molecule has 0 bridgehead atoms. The maximum atomic E-state index is 4.91. The van der Waals surface area contributed by atoms with Crippen LogP contribution >= 0.6 is 22.7 Å². The molecule has 0 aromatic carbocycles. The average Bonchev–Trinajstić information content (AvgIpc) is 3.46. The summed E-state index contributed by atoms with van der Waals surface area (Å²) in [5.74, 6) is 2.62. The van der Waals surface area contributed by atoms with Crippen molar-refractivity contribution in [1.29, 1.82) is 0 Å². The fourth-order valence-electron chi connectivity index (χ4n) is 4.03. The van der Waals surface area contributed by atoms with Crippen LogP contribution in [0.5, 0.6) is 0 Å². The first-order valence-electron chi connectivity index (χ1n) is 11.0. The monoisotopic (exact) mass is 465 g/mol. The highest BCUT2D eigenvalue weighted by Gasteiger charge is 2.19. The Labute approximate surface area is 196 Å². The Bertz CT molecular complexity index is 1170. The van der Waals surface area contributed by atoms with E-state index in [9.17, 15) is 0 Å². The normalized spacial score (nSPS) is 14.9. The molecule has 5 rings (SSSR count). The Morgan fingerprint density at radius 3 is 2.59 bits per heavy atom. The van der Waals surface area contributed by atoms with Crippen LogP contribution in [0.4, 0.5) is 11.8 Å². The zero-order valence-corrected chi connectivity index (χ0v) is 20.0. The average molecular weight is 466 g/mol. The minimum Gasteiger partial charge on any atom is -0.369 e. The summed E-state index contributed by atoms with van der Waals surface area (Å²) in [7, 11) is 0. The number of nitrogens with one attached hydrogen (secondary N) is 1. The predicted octanol–water partition coefficient (Wildman–Crippen LogP) is 4.45. The molecule has 1 aliphatic rings. The summed E-state index contributed by atoms with van der Waals surface area (Å²) in [5, 5.41) is 6.87. The number of hydrogen-bond acceptors (Lipinski definition) is 9. The van der Waals surface area contributed by atoms with E-state index in [0.717, 1.165) is 73.0 Å². The van der Waals surface area contributed by atoms with Crippen molar-refractivity contribution in [2.24, 2.45) is 0 Å². The fourth-order valence-corrected chi connectivity index (χ4v) is 5.72. The molecule has 9 heteroatoms. The molecule has 0 unspecified atom stereocenters. The second-order valence-corrected chi connectivity index (χ2v) is 10.1. The maximum absolute atomic E-state index is 4.91. The standard InChI is InChI=1S/C23H27N7S2/c1-16-17(2)32-22-19(16)21(27-20(28-22)18-6-3-15-31-18)24-9-5-10-29-11-13-30(14-12-29)23-25-7-4-8-26-23/h3-4,6-8,15H,5,9-14H2,1-2H3,(H,24,27,28). The van der Waals surface area contributed by atoms with E-state index < -0.39 is 0 Å². The number of anilines is 2. The molecule has 166 valence electrons. The molecule has 1 saturated heterocycles. The topological polar surface area (TPSA) is 70.1 Å². The van der Waals surface area contributed by atoms with Crippen molar-refractivity contribution < 1.29 is 0 Å². The van der Waals surface area contributed by atoms with Gasteiger partial charge in [-0.25, -0.2) is 19.9 Å². The van der Waals surface area contributed by atoms with Crippen LogP contribution in [0.25, 0.3) is 20.9 Å². The van der Waals surface area contributed by atoms with Gasteiger partial charge in [0.05, 0.1) is 10.3 Å². The van der Waals surface area contributed by atoms with Crippen LogP contribution in [-0.4, -0.2) is 64.1 Å². The summed E-state index contributed by atoms with van der Waals surface area (Å²) in [6.45, 7) is 10.3. The number of aryl methyl sites for hydroxylation is 2. The third kappa shape index (κ3) is 4.46. The van der Waals surface area contributed by atoms with E-state index in [1.54, 1.807) is 22.7 Å². The van der Waals surface area contributed by atoms with Crippen molar-refractivity contribution in [2.45, 2.75) is 20.3 Å². The molecule has 4 aromatic heterocycles. The van der Waals surface area contributed by atoms with E-state index >= 15 is 0 Å². The van der Waals surface area contributed by atoms with Crippen molar-refractivity contribution in [1.82, 2.24) is 24.8 Å². The molecule has 0 spiro atoms. The highest BCUT2D eigenvalue weighted by molar-refractivity contribution is 7.19. The minimum absolute atomic E-state index is 0.815. The van der Waals surface area contributed by atoms with Gasteiger partial charge < -0.3 is 10.2 Å². The predicted molar refractivity (Wildman–Crippen MR) is 134 cm³/mol. The van der Waals surface area contributed by atoms with Gasteiger partial charge in [0.1, 0.15) is 10.6 Å². The van der Waals surface area contributed by atoms with Gasteiger partial charge in [-0.2, -0.15) is 0 Å². The zero-order valence-electron chi connectivity index (χ0n) is 18.4. The van der Waals surface area contributed by atoms with Gasteiger partial charge in [0.2, 0.25) is 5.95 Å². The Kier molecular flexibility index (Phi) is 6.29. The Morgan fingerprint density at radius 1 is 1.03 bits per heavy atom. The fraction of sp³-hybridized carbons (Fsp3) is 0.391. The lowest BCUT2D eigenvalue weighted by atomic mass is 10.2. The van der Waals surface area contributed by atoms with Crippen molar-refractivity contribution in [3.05, 3.63) is 46.4 Å². The second-order valence-electron chi connectivity index (χ2n) is 7.99. The summed E-state index contributed by atoms with van der Waals surface area (Å²) >= 11 is 3.44. The first kappa shape index (κ1) is 21.2. The number of fused-ring (bicyclic) bond motifs is 1. The lowest BCUT2D eigenvalue weighted by molar-refractivity contribution is 0.256. The van der Waals surface area contributed by atoms with Crippen LogP contribution in [0.1, 0.15) is 16.9 Å². The number of nitrogens with zero attached hydrogens (tertiary/aromatic N) is 6. The molecule has 1 fully saturated rings. The molecule has 32 heavy (non-hydrogen) atoms. The van der Waals surface area contributed by atoms with Crippen LogP contribution in [-0.2, 0) is 0 Å². The van der Waals surface area contributed by atoms with Gasteiger partial charge in [0.25, 0.3) is 0 Å². The quantitative estimate of drug-likeness (QED) is 0.404. The third-order valence-corrected chi connectivity index (χ3v) is 7.89. The second kappa shape index (κ2) is 9.48. The molecular formula is C23H27N7S2. The van der Waals surface area contributed by atoms with E-state index in [1.807, 2.05) is 18.5 Å². The van der Waals surface area contributed by atoms with Gasteiger partial charge in [-0.05, 0) is 49.9 Å². The van der Waals surface area contributed by atoms with Gasteiger partial charge in [-0.1, -0.05) is 6.07 Å². The zero-order chi connectivity index (χ0) is 21.9. The van der Waals surface area contributed by atoms with Crippen molar-refractivity contribution >= 4 is 44.7 Å². The van der Waals surface area contributed by atoms with E-state index in [-0.39, 0.29) is 0 Å². The van der Waals surface area contributed by atoms with E-state index in [1.165, 1.54) is 15.8 Å². The van der Waals surface area contributed by atoms with Gasteiger partial charge in [-0.15, -0.1) is 22.7 Å². The smallest absolute Gasteiger partial charge is 0.225 e. The summed E-state index contributed by atoms with van der Waals surface area (Å²) in [6.07, 6.45) is 4.69. The number of hydrogen-bond donors (Lipinski definition) is 1. The molecule has 5 heterocycles. The van der Waals surface area contributed by atoms with E-state index in [2.05, 4.69) is 56.4 Å². The molecular weight excluding hydrogens is 438 g/mol. The Hall–Kier alpha value is -2.62. The number of aromatic nitrogens is 4. The summed E-state index contributed by atoms with van der Waals surface area (Å²) in [4.78, 5) is 26.8. The van der Waals surface area contributed by atoms with Gasteiger partial charge in [0, 0.05) is 50.0 Å².